The molecule has 0 amide bonds. The molecule has 1 aromatic rings. The molecule has 1 N–H and O–H groups in total. The van der Waals surface area contributed by atoms with Gasteiger partial charge in [-0.25, -0.2) is 0 Å². The first-order valence-corrected chi connectivity index (χ1v) is 13.7. The molecule has 216 valence electrons. The van der Waals surface area contributed by atoms with Gasteiger partial charge in [-0.05, 0) is 42.6 Å². The molecule has 5 unspecified atom stereocenters. The lowest BCUT2D eigenvalue weighted by molar-refractivity contribution is -0.237. The molecule has 0 radical (unpaired) electrons. The van der Waals surface area contributed by atoms with Gasteiger partial charge in [-0.1, -0.05) is 24.3 Å². The van der Waals surface area contributed by atoms with Crippen molar-refractivity contribution in [1.82, 2.24) is 0 Å². The second-order valence-corrected chi connectivity index (χ2v) is 10.3. The summed E-state index contributed by atoms with van der Waals surface area (Å²) in [6.07, 6.45) is -1.36. The maximum Gasteiger partial charge on any atom is 0.303 e. The molecular weight excluding hydrogens is 532 g/mol. The number of unbranched alkanes of at least 4 members (excludes halogenated alkanes) is 1. The molecule has 0 aromatic heterocycles. The summed E-state index contributed by atoms with van der Waals surface area (Å²) in [6, 6.07) is 8.02. The summed E-state index contributed by atoms with van der Waals surface area (Å²) in [5.74, 6) is -2.79. The zero-order chi connectivity index (χ0) is 28.9. The molecule has 1 heterocycles. The van der Waals surface area contributed by atoms with Gasteiger partial charge in [0.25, 0.3) is 0 Å². The van der Waals surface area contributed by atoms with E-state index in [-0.39, 0.29) is 13.0 Å². The van der Waals surface area contributed by atoms with E-state index in [1.807, 2.05) is 24.3 Å². The summed E-state index contributed by atoms with van der Waals surface area (Å²) in [6.45, 7) is 4.54. The lowest BCUT2D eigenvalue weighted by Gasteiger charge is -2.44. The van der Waals surface area contributed by atoms with E-state index in [1.165, 1.54) is 39.5 Å². The maximum absolute atomic E-state index is 11.9. The molecule has 11 nitrogen and oxygen atoms in total. The highest BCUT2D eigenvalue weighted by Gasteiger charge is 2.52. The van der Waals surface area contributed by atoms with Gasteiger partial charge in [0.15, 0.2) is 18.3 Å². The van der Waals surface area contributed by atoms with Gasteiger partial charge in [0.2, 0.25) is 0 Å². The zero-order valence-electron chi connectivity index (χ0n) is 22.6. The van der Waals surface area contributed by atoms with Crippen LogP contribution in [0.3, 0.4) is 0 Å². The number of hydrogen-bond acceptors (Lipinski definition) is 11. The van der Waals surface area contributed by atoms with E-state index in [4.69, 9.17) is 28.8 Å². The molecule has 0 spiro atoms. The van der Waals surface area contributed by atoms with Gasteiger partial charge < -0.3 is 28.8 Å². The monoisotopic (exact) mass is 568 g/mol. The Bertz CT molecular complexity index is 994. The fourth-order valence-corrected chi connectivity index (χ4v) is 5.30. The summed E-state index contributed by atoms with van der Waals surface area (Å²) in [4.78, 5) is 57.8. The molecular formula is C27H36O11S. The summed E-state index contributed by atoms with van der Waals surface area (Å²) in [7, 11) is 0. The summed E-state index contributed by atoms with van der Waals surface area (Å²) < 4.78 is 27.5. The van der Waals surface area contributed by atoms with Crippen molar-refractivity contribution in [3.05, 3.63) is 35.4 Å². The number of aliphatic carboxylic acids is 1. The van der Waals surface area contributed by atoms with Crippen molar-refractivity contribution in [2.45, 2.75) is 89.7 Å². The van der Waals surface area contributed by atoms with E-state index in [0.29, 0.717) is 18.6 Å². The van der Waals surface area contributed by atoms with Crippen molar-refractivity contribution in [2.75, 3.05) is 12.4 Å². The molecule has 1 aromatic carbocycles. The fourth-order valence-electron chi connectivity index (χ4n) is 4.09. The highest BCUT2D eigenvalue weighted by molar-refractivity contribution is 7.99. The molecule has 5 atom stereocenters. The summed E-state index contributed by atoms with van der Waals surface area (Å²) in [5, 5.41) is 8.75. The molecule has 39 heavy (non-hydrogen) atoms. The van der Waals surface area contributed by atoms with Crippen LogP contribution in [0.1, 0.15) is 58.1 Å². The van der Waals surface area contributed by atoms with E-state index in [0.717, 1.165) is 24.0 Å². The largest absolute Gasteiger partial charge is 0.481 e. The van der Waals surface area contributed by atoms with E-state index in [1.54, 1.807) is 0 Å². The standard InChI is InChI=1S/C27H36O11S/c1-16(28)34-15-22-24(35-17(2)29)25(36-18(3)30)26(37-19(4)31)27(38-22)39-14-13-21-11-9-20(10-12-21)7-5-6-8-23(32)33/h9-12,22,24-27H,5-8,13-15H2,1-4H3,(H,32,33). The van der Waals surface area contributed by atoms with Crippen LogP contribution in [-0.4, -0.2) is 77.2 Å². The van der Waals surface area contributed by atoms with Crippen LogP contribution in [0.2, 0.25) is 0 Å². The number of carbonyl (C=O) groups excluding carboxylic acids is 4. The van der Waals surface area contributed by atoms with E-state index in [2.05, 4.69) is 0 Å². The van der Waals surface area contributed by atoms with Crippen LogP contribution in [0.15, 0.2) is 24.3 Å². The van der Waals surface area contributed by atoms with Gasteiger partial charge in [0, 0.05) is 34.1 Å². The van der Waals surface area contributed by atoms with Crippen LogP contribution in [-0.2, 0) is 60.5 Å². The van der Waals surface area contributed by atoms with Crippen LogP contribution in [0.5, 0.6) is 0 Å². The molecule has 1 fully saturated rings. The smallest absolute Gasteiger partial charge is 0.303 e. The SMILES string of the molecule is CC(=O)OCC1OC(SCCc2ccc(CCCCC(=O)O)cc2)C(OC(C)=O)C(OC(C)=O)C1OC(C)=O. The van der Waals surface area contributed by atoms with Crippen molar-refractivity contribution in [3.8, 4) is 0 Å². The minimum atomic E-state index is -1.18. The Labute approximate surface area is 231 Å². The molecule has 0 bridgehead atoms. The third-order valence-corrected chi connectivity index (χ3v) is 6.90. The molecule has 1 saturated heterocycles. The molecule has 1 aliphatic rings. The fraction of sp³-hybridized carbons (Fsp3) is 0.593. The third-order valence-electron chi connectivity index (χ3n) is 5.75. The second-order valence-electron chi connectivity index (χ2n) is 9.11. The van der Waals surface area contributed by atoms with Gasteiger partial charge >= 0.3 is 29.8 Å². The minimum Gasteiger partial charge on any atom is -0.481 e. The normalized spacial score (nSPS) is 22.4. The van der Waals surface area contributed by atoms with Crippen molar-refractivity contribution >= 4 is 41.6 Å². The van der Waals surface area contributed by atoms with Crippen molar-refractivity contribution in [1.29, 1.82) is 0 Å². The number of ether oxygens (including phenoxy) is 5. The Balaban J connectivity index is 2.12. The van der Waals surface area contributed by atoms with Crippen LogP contribution in [0, 0.1) is 0 Å². The van der Waals surface area contributed by atoms with Crippen LogP contribution in [0.25, 0.3) is 0 Å². The first kappa shape index (κ1) is 32.1. The average Bonchev–Trinajstić information content (AvgIpc) is 2.84. The predicted molar refractivity (Wildman–Crippen MR) is 140 cm³/mol. The van der Waals surface area contributed by atoms with Gasteiger partial charge in [-0.2, -0.15) is 0 Å². The molecule has 0 aliphatic carbocycles. The van der Waals surface area contributed by atoms with Crippen molar-refractivity contribution in [2.24, 2.45) is 0 Å². The number of carboxylic acids is 1. The van der Waals surface area contributed by atoms with Crippen LogP contribution >= 0.6 is 11.8 Å². The van der Waals surface area contributed by atoms with E-state index in [9.17, 15) is 24.0 Å². The average molecular weight is 569 g/mol. The molecule has 2 rings (SSSR count). The zero-order valence-corrected chi connectivity index (χ0v) is 23.4. The Morgan fingerprint density at radius 3 is 1.85 bits per heavy atom. The summed E-state index contributed by atoms with van der Waals surface area (Å²) >= 11 is 1.33. The van der Waals surface area contributed by atoms with Crippen molar-refractivity contribution < 1.29 is 52.8 Å². The number of aryl methyl sites for hydroxylation is 2. The number of carbonyl (C=O) groups is 5. The Kier molecular flexibility index (Phi) is 13.2. The van der Waals surface area contributed by atoms with Crippen LogP contribution in [0.4, 0.5) is 0 Å². The van der Waals surface area contributed by atoms with Crippen molar-refractivity contribution in [3.63, 3.8) is 0 Å². The van der Waals surface area contributed by atoms with E-state index < -0.39 is 59.7 Å². The Morgan fingerprint density at radius 1 is 0.769 bits per heavy atom. The number of carboxylic acid groups (broad SMARTS) is 1. The Morgan fingerprint density at radius 2 is 1.31 bits per heavy atom. The number of rotatable bonds is 14. The van der Waals surface area contributed by atoms with Gasteiger partial charge in [-0.3, -0.25) is 24.0 Å². The van der Waals surface area contributed by atoms with Gasteiger partial charge in [0.05, 0.1) is 0 Å². The molecule has 0 saturated carbocycles. The first-order chi connectivity index (χ1) is 18.5. The number of thioether (sulfide) groups is 1. The lowest BCUT2D eigenvalue weighted by Crippen LogP contribution is -2.61. The van der Waals surface area contributed by atoms with E-state index >= 15 is 0 Å². The topological polar surface area (TPSA) is 152 Å². The molecule has 1 aliphatic heterocycles. The highest BCUT2D eigenvalue weighted by Crippen LogP contribution is 2.34. The van der Waals surface area contributed by atoms with Gasteiger partial charge in [-0.15, -0.1) is 11.8 Å². The predicted octanol–water partition coefficient (Wildman–Crippen LogP) is 2.84. The first-order valence-electron chi connectivity index (χ1n) is 12.7. The van der Waals surface area contributed by atoms with Crippen LogP contribution < -0.4 is 0 Å². The number of esters is 4. The van der Waals surface area contributed by atoms with Gasteiger partial charge in [0.1, 0.15) is 18.1 Å². The molecule has 12 heteroatoms. The minimum absolute atomic E-state index is 0.161. The highest BCUT2D eigenvalue weighted by atomic mass is 32.2. The maximum atomic E-state index is 11.9. The number of benzene rings is 1. The number of hydrogen-bond donors (Lipinski definition) is 1. The lowest BCUT2D eigenvalue weighted by atomic mass is 9.99. The second kappa shape index (κ2) is 16.1. The Hall–Kier alpha value is -3.12. The quantitative estimate of drug-likeness (QED) is 0.200. The summed E-state index contributed by atoms with van der Waals surface area (Å²) in [5.41, 5.74) is 1.37. The third kappa shape index (κ3) is 11.7.